The van der Waals surface area contributed by atoms with Crippen LogP contribution in [0.15, 0.2) is 71.2 Å². The molecule has 3 nitrogen and oxygen atoms in total. The molecule has 0 N–H and O–H groups in total. The molecule has 1 aromatic heterocycles. The summed E-state index contributed by atoms with van der Waals surface area (Å²) in [5.74, 6) is 1.95. The second-order valence-corrected chi connectivity index (χ2v) is 7.57. The fourth-order valence-electron chi connectivity index (χ4n) is 3.39. The average molecular weight is 421 g/mol. The number of hydrogen-bond acceptors (Lipinski definition) is 2. The molecule has 0 saturated carbocycles. The number of halogens is 1. The van der Waals surface area contributed by atoms with Gasteiger partial charge in [-0.15, -0.1) is 0 Å². The zero-order valence-corrected chi connectivity index (χ0v) is 17.0. The highest BCUT2D eigenvalue weighted by molar-refractivity contribution is 9.10. The van der Waals surface area contributed by atoms with Crippen molar-refractivity contribution >= 4 is 27.0 Å². The molecule has 0 unspecified atom stereocenters. The summed E-state index contributed by atoms with van der Waals surface area (Å²) in [5.41, 5.74) is 5.56. The van der Waals surface area contributed by atoms with E-state index in [1.54, 1.807) is 0 Å². The van der Waals surface area contributed by atoms with Crippen molar-refractivity contribution in [1.29, 1.82) is 0 Å². The standard InChI is InChI=1S/C23H21BrN2O/c1-16-6-5-7-17(2)22(16)27-15-14-26-21-9-4-3-8-20(21)25-23(26)18-10-12-19(24)13-11-18/h3-13H,14-15H2,1-2H3. The Morgan fingerprint density at radius 3 is 2.33 bits per heavy atom. The third kappa shape index (κ3) is 3.62. The van der Waals surface area contributed by atoms with Crippen LogP contribution in [-0.4, -0.2) is 16.2 Å². The Morgan fingerprint density at radius 1 is 0.889 bits per heavy atom. The van der Waals surface area contributed by atoms with Gasteiger partial charge in [0.05, 0.1) is 17.6 Å². The van der Waals surface area contributed by atoms with E-state index >= 15 is 0 Å². The van der Waals surface area contributed by atoms with E-state index in [0.29, 0.717) is 6.61 Å². The molecule has 4 aromatic rings. The second-order valence-electron chi connectivity index (χ2n) is 6.65. The predicted octanol–water partition coefficient (Wildman–Crippen LogP) is 6.16. The lowest BCUT2D eigenvalue weighted by Crippen LogP contribution is -2.10. The van der Waals surface area contributed by atoms with Crippen LogP contribution in [0, 0.1) is 13.8 Å². The molecule has 0 amide bonds. The summed E-state index contributed by atoms with van der Waals surface area (Å²) in [4.78, 5) is 4.87. The first kappa shape index (κ1) is 17.8. The van der Waals surface area contributed by atoms with Crippen LogP contribution in [0.4, 0.5) is 0 Å². The topological polar surface area (TPSA) is 27.1 Å². The number of benzene rings is 3. The van der Waals surface area contributed by atoms with Gasteiger partial charge in [-0.1, -0.05) is 58.4 Å². The van der Waals surface area contributed by atoms with Crippen LogP contribution in [0.5, 0.6) is 5.75 Å². The smallest absolute Gasteiger partial charge is 0.141 e. The molecule has 3 aromatic carbocycles. The highest BCUT2D eigenvalue weighted by Gasteiger charge is 2.13. The van der Waals surface area contributed by atoms with E-state index in [1.165, 1.54) is 11.1 Å². The van der Waals surface area contributed by atoms with E-state index < -0.39 is 0 Å². The molecule has 0 bridgehead atoms. The van der Waals surface area contributed by atoms with E-state index in [-0.39, 0.29) is 0 Å². The van der Waals surface area contributed by atoms with Crippen LogP contribution in [0.1, 0.15) is 11.1 Å². The number of rotatable bonds is 5. The summed E-state index contributed by atoms with van der Waals surface area (Å²) < 4.78 is 9.45. The van der Waals surface area contributed by atoms with Gasteiger partial charge in [-0.2, -0.15) is 0 Å². The van der Waals surface area contributed by atoms with Crippen LogP contribution < -0.4 is 4.74 Å². The number of hydrogen-bond donors (Lipinski definition) is 0. The van der Waals surface area contributed by atoms with Crippen molar-refractivity contribution in [3.8, 4) is 17.1 Å². The first-order chi connectivity index (χ1) is 13.1. The van der Waals surface area contributed by atoms with Crippen molar-refractivity contribution in [2.75, 3.05) is 6.61 Å². The fraction of sp³-hybridized carbons (Fsp3) is 0.174. The molecular formula is C23H21BrN2O. The maximum Gasteiger partial charge on any atom is 0.141 e. The van der Waals surface area contributed by atoms with Gasteiger partial charge in [-0.3, -0.25) is 0 Å². The monoisotopic (exact) mass is 420 g/mol. The molecular weight excluding hydrogens is 400 g/mol. The van der Waals surface area contributed by atoms with Crippen molar-refractivity contribution in [3.63, 3.8) is 0 Å². The zero-order chi connectivity index (χ0) is 18.8. The van der Waals surface area contributed by atoms with Gasteiger partial charge in [-0.25, -0.2) is 4.98 Å². The van der Waals surface area contributed by atoms with E-state index in [0.717, 1.165) is 39.2 Å². The number of aromatic nitrogens is 2. The van der Waals surface area contributed by atoms with Crippen molar-refractivity contribution in [2.45, 2.75) is 20.4 Å². The van der Waals surface area contributed by atoms with Crippen molar-refractivity contribution < 1.29 is 4.74 Å². The van der Waals surface area contributed by atoms with Gasteiger partial charge in [0.25, 0.3) is 0 Å². The minimum absolute atomic E-state index is 0.593. The van der Waals surface area contributed by atoms with E-state index in [9.17, 15) is 0 Å². The Kier molecular flexibility index (Phi) is 4.99. The Bertz CT molecular complexity index is 1060. The Morgan fingerprint density at radius 2 is 1.59 bits per heavy atom. The van der Waals surface area contributed by atoms with Gasteiger partial charge >= 0.3 is 0 Å². The van der Waals surface area contributed by atoms with Gasteiger partial charge < -0.3 is 9.30 Å². The fourth-order valence-corrected chi connectivity index (χ4v) is 3.65. The number of nitrogens with zero attached hydrogens (tertiary/aromatic N) is 2. The Hall–Kier alpha value is -2.59. The number of imidazole rings is 1. The van der Waals surface area contributed by atoms with Gasteiger partial charge in [0.2, 0.25) is 0 Å². The molecule has 0 spiro atoms. The molecule has 4 heteroatoms. The maximum atomic E-state index is 6.14. The third-order valence-electron chi connectivity index (χ3n) is 4.73. The van der Waals surface area contributed by atoms with Crippen LogP contribution in [0.3, 0.4) is 0 Å². The SMILES string of the molecule is Cc1cccc(C)c1OCCn1c(-c2ccc(Br)cc2)nc2ccccc21. The average Bonchev–Trinajstić information content (AvgIpc) is 3.03. The van der Waals surface area contributed by atoms with Gasteiger partial charge in [-0.05, 0) is 49.2 Å². The molecule has 0 fully saturated rings. The summed E-state index contributed by atoms with van der Waals surface area (Å²) in [6, 6.07) is 22.8. The minimum Gasteiger partial charge on any atom is -0.491 e. The number of aryl methyl sites for hydroxylation is 2. The molecule has 0 atom stereocenters. The molecule has 0 aliphatic rings. The number of ether oxygens (including phenoxy) is 1. The molecule has 4 rings (SSSR count). The summed E-state index contributed by atoms with van der Waals surface area (Å²) >= 11 is 3.51. The highest BCUT2D eigenvalue weighted by atomic mass is 79.9. The van der Waals surface area contributed by atoms with Crippen LogP contribution in [0.2, 0.25) is 0 Å². The largest absolute Gasteiger partial charge is 0.491 e. The lowest BCUT2D eigenvalue weighted by molar-refractivity contribution is 0.297. The second kappa shape index (κ2) is 7.57. The van der Waals surface area contributed by atoms with E-state index in [4.69, 9.17) is 9.72 Å². The van der Waals surface area contributed by atoms with Crippen LogP contribution in [0.25, 0.3) is 22.4 Å². The van der Waals surface area contributed by atoms with Gasteiger partial charge in [0.1, 0.15) is 18.2 Å². The Labute approximate surface area is 167 Å². The minimum atomic E-state index is 0.593. The van der Waals surface area contributed by atoms with Crippen LogP contribution >= 0.6 is 15.9 Å². The lowest BCUT2D eigenvalue weighted by atomic mass is 10.1. The van der Waals surface area contributed by atoms with E-state index in [2.05, 4.69) is 82.9 Å². The first-order valence-electron chi connectivity index (χ1n) is 9.04. The summed E-state index contributed by atoms with van der Waals surface area (Å²) in [5, 5.41) is 0. The van der Waals surface area contributed by atoms with Crippen molar-refractivity contribution in [3.05, 3.63) is 82.3 Å². The van der Waals surface area contributed by atoms with Gasteiger partial charge in [0.15, 0.2) is 0 Å². The Balaban J connectivity index is 1.66. The summed E-state index contributed by atoms with van der Waals surface area (Å²) in [6.07, 6.45) is 0. The molecule has 136 valence electrons. The third-order valence-corrected chi connectivity index (χ3v) is 5.26. The normalized spacial score (nSPS) is 11.1. The van der Waals surface area contributed by atoms with E-state index in [1.807, 2.05) is 18.2 Å². The summed E-state index contributed by atoms with van der Waals surface area (Å²) in [6.45, 7) is 5.50. The molecule has 27 heavy (non-hydrogen) atoms. The van der Waals surface area contributed by atoms with Gasteiger partial charge in [0, 0.05) is 10.0 Å². The van der Waals surface area contributed by atoms with Crippen molar-refractivity contribution in [1.82, 2.24) is 9.55 Å². The number of para-hydroxylation sites is 3. The molecule has 0 radical (unpaired) electrons. The molecule has 0 aliphatic carbocycles. The molecule has 1 heterocycles. The number of fused-ring (bicyclic) bond motifs is 1. The molecule has 0 saturated heterocycles. The quantitative estimate of drug-likeness (QED) is 0.386. The predicted molar refractivity (Wildman–Crippen MR) is 114 cm³/mol. The zero-order valence-electron chi connectivity index (χ0n) is 15.4. The van der Waals surface area contributed by atoms with Crippen molar-refractivity contribution in [2.24, 2.45) is 0 Å². The highest BCUT2D eigenvalue weighted by Crippen LogP contribution is 2.27. The van der Waals surface area contributed by atoms with Crippen LogP contribution in [-0.2, 0) is 6.54 Å². The summed E-state index contributed by atoms with van der Waals surface area (Å²) in [7, 11) is 0. The first-order valence-corrected chi connectivity index (χ1v) is 9.83. The maximum absolute atomic E-state index is 6.14. The molecule has 0 aliphatic heterocycles. The lowest BCUT2D eigenvalue weighted by Gasteiger charge is -2.14.